The van der Waals surface area contributed by atoms with Gasteiger partial charge in [0.2, 0.25) is 0 Å². The molecule has 1 aliphatic rings. The molecule has 0 bridgehead atoms. The van der Waals surface area contributed by atoms with Gasteiger partial charge in [0.1, 0.15) is 0 Å². The van der Waals surface area contributed by atoms with Gasteiger partial charge in [-0.05, 0) is 37.1 Å². The van der Waals surface area contributed by atoms with Crippen LogP contribution in [0.15, 0.2) is 36.8 Å². The number of benzene rings is 1. The molecular formula is C17H21N3O. The van der Waals surface area contributed by atoms with Crippen molar-refractivity contribution in [2.24, 2.45) is 0 Å². The zero-order chi connectivity index (χ0) is 14.7. The number of nitrogens with zero attached hydrogens (tertiary/aromatic N) is 2. The molecule has 1 fully saturated rings. The number of rotatable bonds is 4. The van der Waals surface area contributed by atoms with Crippen LogP contribution in [-0.2, 0) is 0 Å². The first-order chi connectivity index (χ1) is 10.3. The van der Waals surface area contributed by atoms with Crippen molar-refractivity contribution in [3.63, 3.8) is 0 Å². The summed E-state index contributed by atoms with van der Waals surface area (Å²) in [7, 11) is 0. The standard InChI is InChI=1S/C17H21N3O/c1-2-17(21)14-3-5-15(6-4-14)20-9-7-13(8-10-20)16-11-18-12-19-16/h3-6,11-13H,2,7-10H2,1H3,(H,18,19). The number of aromatic amines is 1. The zero-order valence-corrected chi connectivity index (χ0v) is 12.4. The van der Waals surface area contributed by atoms with Crippen LogP contribution < -0.4 is 4.90 Å². The summed E-state index contributed by atoms with van der Waals surface area (Å²) in [5.41, 5.74) is 3.28. The van der Waals surface area contributed by atoms with Crippen LogP contribution in [0.25, 0.3) is 0 Å². The second-order valence-electron chi connectivity index (χ2n) is 5.59. The van der Waals surface area contributed by atoms with E-state index in [1.165, 1.54) is 11.4 Å². The topological polar surface area (TPSA) is 49.0 Å². The largest absolute Gasteiger partial charge is 0.371 e. The second-order valence-corrected chi connectivity index (χ2v) is 5.59. The zero-order valence-electron chi connectivity index (χ0n) is 12.4. The average molecular weight is 283 g/mol. The molecule has 0 unspecified atom stereocenters. The van der Waals surface area contributed by atoms with Gasteiger partial charge < -0.3 is 9.88 Å². The van der Waals surface area contributed by atoms with E-state index in [1.54, 1.807) is 6.33 Å². The summed E-state index contributed by atoms with van der Waals surface area (Å²) in [6.07, 6.45) is 6.53. The molecular weight excluding hydrogens is 262 g/mol. The van der Waals surface area contributed by atoms with Crippen LogP contribution >= 0.6 is 0 Å². The molecule has 0 saturated carbocycles. The highest BCUT2D eigenvalue weighted by Crippen LogP contribution is 2.29. The van der Waals surface area contributed by atoms with Crippen LogP contribution in [0.3, 0.4) is 0 Å². The Morgan fingerprint density at radius 3 is 2.57 bits per heavy atom. The molecule has 1 aliphatic heterocycles. The lowest BCUT2D eigenvalue weighted by molar-refractivity contribution is 0.0988. The van der Waals surface area contributed by atoms with Crippen LogP contribution in [0.5, 0.6) is 0 Å². The molecule has 0 atom stereocenters. The second kappa shape index (κ2) is 6.12. The lowest BCUT2D eigenvalue weighted by Gasteiger charge is -2.33. The van der Waals surface area contributed by atoms with E-state index in [1.807, 2.05) is 25.3 Å². The minimum atomic E-state index is 0.208. The molecule has 3 rings (SSSR count). The van der Waals surface area contributed by atoms with E-state index in [2.05, 4.69) is 27.0 Å². The molecule has 1 N–H and O–H groups in total. The lowest BCUT2D eigenvalue weighted by Crippen LogP contribution is -2.32. The Morgan fingerprint density at radius 2 is 2.00 bits per heavy atom. The van der Waals surface area contributed by atoms with E-state index in [9.17, 15) is 4.79 Å². The maximum absolute atomic E-state index is 11.7. The van der Waals surface area contributed by atoms with Gasteiger partial charge in [0.15, 0.2) is 5.78 Å². The number of hydrogen-bond acceptors (Lipinski definition) is 3. The number of nitrogens with one attached hydrogen (secondary N) is 1. The van der Waals surface area contributed by atoms with Crippen molar-refractivity contribution in [2.45, 2.75) is 32.1 Å². The molecule has 4 nitrogen and oxygen atoms in total. The van der Waals surface area contributed by atoms with Gasteiger partial charge in [-0.1, -0.05) is 6.92 Å². The maximum atomic E-state index is 11.7. The first kappa shape index (κ1) is 13.9. The van der Waals surface area contributed by atoms with Crippen molar-refractivity contribution in [3.8, 4) is 0 Å². The fraction of sp³-hybridized carbons (Fsp3) is 0.412. The number of carbonyl (C=O) groups is 1. The number of carbonyl (C=O) groups excluding carboxylic acids is 1. The molecule has 21 heavy (non-hydrogen) atoms. The minimum absolute atomic E-state index is 0.208. The highest BCUT2D eigenvalue weighted by molar-refractivity contribution is 5.96. The van der Waals surface area contributed by atoms with Crippen LogP contribution in [0.4, 0.5) is 5.69 Å². The van der Waals surface area contributed by atoms with E-state index < -0.39 is 0 Å². The molecule has 0 radical (unpaired) electrons. The van der Waals surface area contributed by atoms with Gasteiger partial charge >= 0.3 is 0 Å². The molecule has 4 heteroatoms. The van der Waals surface area contributed by atoms with Gasteiger partial charge in [0.25, 0.3) is 0 Å². The number of anilines is 1. The Morgan fingerprint density at radius 1 is 1.29 bits per heavy atom. The van der Waals surface area contributed by atoms with Gasteiger partial charge in [-0.3, -0.25) is 4.79 Å². The van der Waals surface area contributed by atoms with Crippen molar-refractivity contribution >= 4 is 11.5 Å². The van der Waals surface area contributed by atoms with Crippen LogP contribution in [-0.4, -0.2) is 28.8 Å². The number of piperidine rings is 1. The van der Waals surface area contributed by atoms with E-state index in [-0.39, 0.29) is 5.78 Å². The van der Waals surface area contributed by atoms with Crippen LogP contribution in [0.1, 0.15) is 48.2 Å². The highest BCUT2D eigenvalue weighted by Gasteiger charge is 2.21. The summed E-state index contributed by atoms with van der Waals surface area (Å²) in [6.45, 7) is 3.99. The molecule has 1 aromatic heterocycles. The van der Waals surface area contributed by atoms with Gasteiger partial charge in [0, 0.05) is 48.6 Å². The Balaban J connectivity index is 1.63. The molecule has 0 amide bonds. The first-order valence-electron chi connectivity index (χ1n) is 7.64. The van der Waals surface area contributed by atoms with Crippen molar-refractivity contribution < 1.29 is 4.79 Å². The van der Waals surface area contributed by atoms with Crippen molar-refractivity contribution in [3.05, 3.63) is 48.0 Å². The summed E-state index contributed by atoms with van der Waals surface area (Å²) in [4.78, 5) is 21.4. The van der Waals surface area contributed by atoms with E-state index in [4.69, 9.17) is 0 Å². The fourth-order valence-corrected chi connectivity index (χ4v) is 3.00. The molecule has 0 spiro atoms. The average Bonchev–Trinajstić information content (AvgIpc) is 3.09. The third-order valence-corrected chi connectivity index (χ3v) is 4.33. The quantitative estimate of drug-likeness (QED) is 0.875. The predicted molar refractivity (Wildman–Crippen MR) is 83.8 cm³/mol. The van der Waals surface area contributed by atoms with Crippen LogP contribution in [0, 0.1) is 0 Å². The van der Waals surface area contributed by atoms with Gasteiger partial charge in [0.05, 0.1) is 6.33 Å². The third-order valence-electron chi connectivity index (χ3n) is 4.33. The Hall–Kier alpha value is -2.10. The third kappa shape index (κ3) is 2.99. The first-order valence-corrected chi connectivity index (χ1v) is 7.64. The fourth-order valence-electron chi connectivity index (χ4n) is 3.00. The van der Waals surface area contributed by atoms with Crippen molar-refractivity contribution in [1.82, 2.24) is 9.97 Å². The Kier molecular flexibility index (Phi) is 4.04. The number of imidazole rings is 1. The molecule has 1 aromatic carbocycles. The van der Waals surface area contributed by atoms with Gasteiger partial charge in [-0.25, -0.2) is 4.98 Å². The molecule has 0 aliphatic carbocycles. The number of aromatic nitrogens is 2. The number of H-pyrrole nitrogens is 1. The summed E-state index contributed by atoms with van der Waals surface area (Å²) < 4.78 is 0. The summed E-state index contributed by atoms with van der Waals surface area (Å²) >= 11 is 0. The van der Waals surface area contributed by atoms with E-state index >= 15 is 0 Å². The molecule has 1 saturated heterocycles. The SMILES string of the molecule is CCC(=O)c1ccc(N2CCC(c3cnc[nH]3)CC2)cc1. The number of hydrogen-bond donors (Lipinski definition) is 1. The number of Topliss-reactive ketones (excluding diaryl/α,β-unsaturated/α-hetero) is 1. The smallest absolute Gasteiger partial charge is 0.162 e. The maximum Gasteiger partial charge on any atom is 0.162 e. The van der Waals surface area contributed by atoms with Crippen molar-refractivity contribution in [2.75, 3.05) is 18.0 Å². The summed E-state index contributed by atoms with van der Waals surface area (Å²) in [5.74, 6) is 0.796. The summed E-state index contributed by atoms with van der Waals surface area (Å²) in [6, 6.07) is 8.03. The molecule has 2 aromatic rings. The van der Waals surface area contributed by atoms with Gasteiger partial charge in [-0.15, -0.1) is 0 Å². The van der Waals surface area contributed by atoms with Crippen molar-refractivity contribution in [1.29, 1.82) is 0 Å². The Labute approximate surface area is 125 Å². The molecule has 110 valence electrons. The summed E-state index contributed by atoms with van der Waals surface area (Å²) in [5, 5.41) is 0. The monoisotopic (exact) mass is 283 g/mol. The lowest BCUT2D eigenvalue weighted by atomic mass is 9.93. The van der Waals surface area contributed by atoms with Crippen LogP contribution in [0.2, 0.25) is 0 Å². The molecule has 2 heterocycles. The highest BCUT2D eigenvalue weighted by atomic mass is 16.1. The van der Waals surface area contributed by atoms with E-state index in [0.717, 1.165) is 31.5 Å². The predicted octanol–water partition coefficient (Wildman–Crippen LogP) is 3.39. The normalized spacial score (nSPS) is 16.1. The number of ketones is 1. The minimum Gasteiger partial charge on any atom is -0.371 e. The Bertz CT molecular complexity index is 581. The van der Waals surface area contributed by atoms with Gasteiger partial charge in [-0.2, -0.15) is 0 Å². The van der Waals surface area contributed by atoms with E-state index in [0.29, 0.717) is 12.3 Å².